The van der Waals surface area contributed by atoms with E-state index in [1.165, 1.54) is 11.3 Å². The minimum atomic E-state index is -1.99. The number of carboxylic acids is 1. The van der Waals surface area contributed by atoms with Gasteiger partial charge in [-0.05, 0) is 19.1 Å². The van der Waals surface area contributed by atoms with Gasteiger partial charge in [0.2, 0.25) is 5.91 Å². The summed E-state index contributed by atoms with van der Waals surface area (Å²) in [5, 5.41) is 23.3. The van der Waals surface area contributed by atoms with Crippen molar-refractivity contribution in [2.24, 2.45) is 0 Å². The van der Waals surface area contributed by atoms with Crippen LogP contribution in [0.15, 0.2) is 34.1 Å². The zero-order valence-electron chi connectivity index (χ0n) is 12.2. The topological polar surface area (TPSA) is 99.5 Å². The normalized spacial score (nSPS) is 13.3. The second kappa shape index (κ2) is 7.20. The van der Waals surface area contributed by atoms with Gasteiger partial charge in [-0.2, -0.15) is 0 Å². The van der Waals surface area contributed by atoms with Crippen LogP contribution in [0.3, 0.4) is 0 Å². The molecule has 1 atom stereocenters. The van der Waals surface area contributed by atoms with Crippen LogP contribution in [-0.4, -0.2) is 39.2 Å². The van der Waals surface area contributed by atoms with Gasteiger partial charge in [-0.1, -0.05) is 28.1 Å². The van der Waals surface area contributed by atoms with Crippen LogP contribution in [0.4, 0.5) is 0 Å². The third-order valence-electron chi connectivity index (χ3n) is 3.06. The maximum absolute atomic E-state index is 11.8. The first kappa shape index (κ1) is 17.6. The molecule has 1 aromatic carbocycles. The number of aromatic nitrogens is 1. The van der Waals surface area contributed by atoms with Crippen LogP contribution in [-0.2, 0) is 16.0 Å². The predicted molar refractivity (Wildman–Crippen MR) is 90.2 cm³/mol. The maximum atomic E-state index is 11.8. The molecule has 3 N–H and O–H groups in total. The SMILES string of the molecule is CC(O)(CNC(=O)Cc1csc(-c2cccc(Br)c2)n1)C(=O)O. The number of carboxylic acid groups (broad SMARTS) is 1. The van der Waals surface area contributed by atoms with Gasteiger partial charge in [0.15, 0.2) is 5.60 Å². The van der Waals surface area contributed by atoms with Gasteiger partial charge in [0.1, 0.15) is 5.01 Å². The van der Waals surface area contributed by atoms with E-state index in [4.69, 9.17) is 5.11 Å². The van der Waals surface area contributed by atoms with Gasteiger partial charge in [0.05, 0.1) is 18.7 Å². The molecule has 0 saturated heterocycles. The molecule has 8 heteroatoms. The first-order chi connectivity index (χ1) is 10.8. The van der Waals surface area contributed by atoms with Crippen molar-refractivity contribution in [2.75, 3.05) is 6.54 Å². The quantitative estimate of drug-likeness (QED) is 0.691. The number of aliphatic hydroxyl groups is 1. The number of carbonyl (C=O) groups is 2. The van der Waals surface area contributed by atoms with Gasteiger partial charge >= 0.3 is 5.97 Å². The van der Waals surface area contributed by atoms with E-state index in [1.807, 2.05) is 24.3 Å². The molecule has 1 aromatic heterocycles. The number of benzene rings is 1. The summed E-state index contributed by atoms with van der Waals surface area (Å²) in [6, 6.07) is 7.69. The predicted octanol–water partition coefficient (Wildman–Crippen LogP) is 2.07. The monoisotopic (exact) mass is 398 g/mol. The first-order valence-corrected chi connectivity index (χ1v) is 8.38. The zero-order valence-corrected chi connectivity index (χ0v) is 14.6. The summed E-state index contributed by atoms with van der Waals surface area (Å²) in [6.07, 6.45) is 0.0280. The molecule has 1 unspecified atom stereocenters. The van der Waals surface area contributed by atoms with E-state index >= 15 is 0 Å². The molecular weight excluding hydrogens is 384 g/mol. The largest absolute Gasteiger partial charge is 0.479 e. The summed E-state index contributed by atoms with van der Waals surface area (Å²) in [6.45, 7) is 0.771. The van der Waals surface area contributed by atoms with Crippen LogP contribution in [0, 0.1) is 0 Å². The highest BCUT2D eigenvalue weighted by Gasteiger charge is 2.30. The average Bonchev–Trinajstić information content (AvgIpc) is 2.93. The number of halogens is 1. The number of thiazole rings is 1. The van der Waals surface area contributed by atoms with Crippen LogP contribution in [0.5, 0.6) is 0 Å². The number of nitrogens with one attached hydrogen (secondary N) is 1. The Hall–Kier alpha value is -1.77. The molecule has 0 bridgehead atoms. The van der Waals surface area contributed by atoms with E-state index in [0.717, 1.165) is 22.0 Å². The molecule has 1 amide bonds. The highest BCUT2D eigenvalue weighted by atomic mass is 79.9. The van der Waals surface area contributed by atoms with Crippen molar-refractivity contribution < 1.29 is 19.8 Å². The molecule has 0 fully saturated rings. The Morgan fingerprint density at radius 2 is 2.17 bits per heavy atom. The summed E-state index contributed by atoms with van der Waals surface area (Å²) in [7, 11) is 0. The molecule has 122 valence electrons. The number of nitrogens with zero attached hydrogens (tertiary/aromatic N) is 1. The third kappa shape index (κ3) is 4.85. The van der Waals surface area contributed by atoms with Crippen molar-refractivity contribution in [2.45, 2.75) is 18.9 Å². The standard InChI is InChI=1S/C15H15BrN2O4S/c1-15(22,14(20)21)8-17-12(19)6-11-7-23-13(18-11)9-3-2-4-10(16)5-9/h2-5,7,22H,6,8H2,1H3,(H,17,19)(H,20,21). The molecule has 0 aliphatic rings. The van der Waals surface area contributed by atoms with Crippen LogP contribution in [0.25, 0.3) is 10.6 Å². The van der Waals surface area contributed by atoms with E-state index in [1.54, 1.807) is 5.38 Å². The fourth-order valence-electron chi connectivity index (χ4n) is 1.72. The summed E-state index contributed by atoms with van der Waals surface area (Å²) < 4.78 is 0.945. The van der Waals surface area contributed by atoms with E-state index in [2.05, 4.69) is 26.2 Å². The molecule has 0 aliphatic heterocycles. The summed E-state index contributed by atoms with van der Waals surface area (Å²) in [4.78, 5) is 27.0. The lowest BCUT2D eigenvalue weighted by Gasteiger charge is -2.17. The van der Waals surface area contributed by atoms with E-state index < -0.39 is 17.5 Å². The van der Waals surface area contributed by atoms with Crippen molar-refractivity contribution in [3.8, 4) is 10.6 Å². The number of hydrogen-bond donors (Lipinski definition) is 3. The third-order valence-corrected chi connectivity index (χ3v) is 4.49. The van der Waals surface area contributed by atoms with Gasteiger partial charge in [-0.3, -0.25) is 4.79 Å². The highest BCUT2D eigenvalue weighted by molar-refractivity contribution is 9.10. The highest BCUT2D eigenvalue weighted by Crippen LogP contribution is 2.26. The molecule has 0 aliphatic carbocycles. The van der Waals surface area contributed by atoms with Crippen molar-refractivity contribution in [3.63, 3.8) is 0 Å². The Bertz CT molecular complexity index is 730. The van der Waals surface area contributed by atoms with Crippen molar-refractivity contribution >= 4 is 39.1 Å². The minimum absolute atomic E-state index is 0.0280. The number of aliphatic carboxylic acids is 1. The first-order valence-electron chi connectivity index (χ1n) is 6.71. The molecule has 23 heavy (non-hydrogen) atoms. The Morgan fingerprint density at radius 1 is 1.43 bits per heavy atom. The van der Waals surface area contributed by atoms with Crippen molar-refractivity contribution in [1.29, 1.82) is 0 Å². The second-order valence-electron chi connectivity index (χ2n) is 5.19. The fourth-order valence-corrected chi connectivity index (χ4v) is 2.93. The Labute approximate surface area is 145 Å². The zero-order chi connectivity index (χ0) is 17.0. The molecule has 0 spiro atoms. The lowest BCUT2D eigenvalue weighted by molar-refractivity contribution is -0.156. The van der Waals surface area contributed by atoms with E-state index in [-0.39, 0.29) is 13.0 Å². The van der Waals surface area contributed by atoms with Crippen molar-refractivity contribution in [3.05, 3.63) is 39.8 Å². The van der Waals surface area contributed by atoms with Crippen LogP contribution in [0.1, 0.15) is 12.6 Å². The molecular formula is C15H15BrN2O4S. The van der Waals surface area contributed by atoms with Gasteiger partial charge in [-0.15, -0.1) is 11.3 Å². The van der Waals surface area contributed by atoms with Gasteiger partial charge in [0, 0.05) is 15.4 Å². The van der Waals surface area contributed by atoms with Gasteiger partial charge in [-0.25, -0.2) is 9.78 Å². The molecule has 0 radical (unpaired) electrons. The Morgan fingerprint density at radius 3 is 2.83 bits per heavy atom. The van der Waals surface area contributed by atoms with Gasteiger partial charge in [0.25, 0.3) is 0 Å². The van der Waals surface area contributed by atoms with Crippen LogP contribution < -0.4 is 5.32 Å². The smallest absolute Gasteiger partial charge is 0.337 e. The van der Waals surface area contributed by atoms with Crippen LogP contribution in [0.2, 0.25) is 0 Å². The number of rotatable bonds is 6. The molecule has 6 nitrogen and oxygen atoms in total. The molecule has 2 rings (SSSR count). The molecule has 0 saturated carbocycles. The van der Waals surface area contributed by atoms with Crippen molar-refractivity contribution in [1.82, 2.24) is 10.3 Å². The summed E-state index contributed by atoms with van der Waals surface area (Å²) in [5.41, 5.74) is -0.443. The van der Waals surface area contributed by atoms with E-state index in [0.29, 0.717) is 5.69 Å². The Kier molecular flexibility index (Phi) is 5.51. The molecule has 2 aromatic rings. The molecule has 1 heterocycles. The fraction of sp³-hybridized carbons (Fsp3) is 0.267. The summed E-state index contributed by atoms with van der Waals surface area (Å²) >= 11 is 4.82. The maximum Gasteiger partial charge on any atom is 0.337 e. The minimum Gasteiger partial charge on any atom is -0.479 e. The lowest BCUT2D eigenvalue weighted by Crippen LogP contribution is -2.46. The van der Waals surface area contributed by atoms with Gasteiger partial charge < -0.3 is 15.5 Å². The Balaban J connectivity index is 1.97. The lowest BCUT2D eigenvalue weighted by atomic mass is 10.1. The number of amides is 1. The average molecular weight is 399 g/mol. The number of hydrogen-bond acceptors (Lipinski definition) is 5. The van der Waals surface area contributed by atoms with Crippen LogP contribution >= 0.6 is 27.3 Å². The van der Waals surface area contributed by atoms with E-state index in [9.17, 15) is 14.7 Å². The second-order valence-corrected chi connectivity index (χ2v) is 6.96. The number of carbonyl (C=O) groups excluding carboxylic acids is 1. The summed E-state index contributed by atoms with van der Waals surface area (Å²) in [5.74, 6) is -1.78.